The fraction of sp³-hybridized carbons (Fsp3) is 0.611. The summed E-state index contributed by atoms with van der Waals surface area (Å²) in [5.41, 5.74) is 3.76. The van der Waals surface area contributed by atoms with Gasteiger partial charge < -0.3 is 5.11 Å². The first-order chi connectivity index (χ1) is 9.94. The van der Waals surface area contributed by atoms with Crippen LogP contribution in [0.1, 0.15) is 55.2 Å². The normalized spacial score (nSPS) is 17.9. The minimum absolute atomic E-state index is 0.168. The molecule has 0 aromatic heterocycles. The van der Waals surface area contributed by atoms with Gasteiger partial charge in [0.25, 0.3) is 0 Å². The van der Waals surface area contributed by atoms with Crippen LogP contribution in [0, 0.1) is 13.8 Å². The highest BCUT2D eigenvalue weighted by molar-refractivity contribution is 5.68. The SMILES string of the molecule is Cc1cccc(C)c1CN(C)C1(CC(=O)O)CCCCC1. The first-order valence-electron chi connectivity index (χ1n) is 7.93. The van der Waals surface area contributed by atoms with E-state index in [-0.39, 0.29) is 12.0 Å². The first-order valence-corrected chi connectivity index (χ1v) is 7.93. The van der Waals surface area contributed by atoms with E-state index < -0.39 is 5.97 Å². The van der Waals surface area contributed by atoms with Crippen LogP contribution >= 0.6 is 0 Å². The molecule has 0 unspecified atom stereocenters. The lowest BCUT2D eigenvalue weighted by atomic mass is 9.77. The number of carbonyl (C=O) groups is 1. The molecular formula is C18H27NO2. The summed E-state index contributed by atoms with van der Waals surface area (Å²) in [6.07, 6.45) is 5.78. The van der Waals surface area contributed by atoms with Crippen LogP contribution in [0.5, 0.6) is 0 Å². The number of carboxylic acid groups (broad SMARTS) is 1. The van der Waals surface area contributed by atoms with Crippen LogP contribution in [0.3, 0.4) is 0 Å². The molecule has 0 aliphatic heterocycles. The molecule has 0 bridgehead atoms. The Hall–Kier alpha value is -1.35. The van der Waals surface area contributed by atoms with E-state index in [0.717, 1.165) is 32.2 Å². The zero-order valence-corrected chi connectivity index (χ0v) is 13.5. The molecule has 1 aliphatic rings. The highest BCUT2D eigenvalue weighted by Crippen LogP contribution is 2.37. The van der Waals surface area contributed by atoms with E-state index in [2.05, 4.69) is 44.0 Å². The van der Waals surface area contributed by atoms with Gasteiger partial charge in [-0.3, -0.25) is 9.69 Å². The van der Waals surface area contributed by atoms with Crippen molar-refractivity contribution in [2.45, 2.75) is 64.5 Å². The lowest BCUT2D eigenvalue weighted by Crippen LogP contribution is -2.49. The molecule has 0 heterocycles. The minimum atomic E-state index is -0.676. The van der Waals surface area contributed by atoms with E-state index in [9.17, 15) is 9.90 Å². The number of aliphatic carboxylic acids is 1. The van der Waals surface area contributed by atoms with Crippen molar-refractivity contribution in [1.29, 1.82) is 0 Å². The van der Waals surface area contributed by atoms with Crippen molar-refractivity contribution in [3.63, 3.8) is 0 Å². The van der Waals surface area contributed by atoms with Crippen molar-refractivity contribution >= 4 is 5.97 Å². The molecule has 0 radical (unpaired) electrons. The Morgan fingerprint density at radius 1 is 1.19 bits per heavy atom. The molecular weight excluding hydrogens is 262 g/mol. The van der Waals surface area contributed by atoms with Crippen LogP contribution in [-0.4, -0.2) is 28.6 Å². The summed E-state index contributed by atoms with van der Waals surface area (Å²) in [6, 6.07) is 6.36. The molecule has 0 atom stereocenters. The third-order valence-corrected chi connectivity index (χ3v) is 5.11. The Kier molecular flexibility index (Phi) is 5.04. The number of aryl methyl sites for hydroxylation is 2. The second kappa shape index (κ2) is 6.61. The maximum absolute atomic E-state index is 11.3. The summed E-state index contributed by atoms with van der Waals surface area (Å²) in [7, 11) is 2.10. The average molecular weight is 289 g/mol. The third-order valence-electron chi connectivity index (χ3n) is 5.11. The topological polar surface area (TPSA) is 40.5 Å². The maximum atomic E-state index is 11.3. The van der Waals surface area contributed by atoms with Gasteiger partial charge in [-0.15, -0.1) is 0 Å². The summed E-state index contributed by atoms with van der Waals surface area (Å²) in [5.74, 6) is -0.676. The van der Waals surface area contributed by atoms with Crippen molar-refractivity contribution in [1.82, 2.24) is 4.90 Å². The molecule has 3 nitrogen and oxygen atoms in total. The summed E-state index contributed by atoms with van der Waals surface area (Å²) in [4.78, 5) is 13.6. The summed E-state index contributed by atoms with van der Waals surface area (Å²) >= 11 is 0. The van der Waals surface area contributed by atoms with E-state index in [1.54, 1.807) is 0 Å². The van der Waals surface area contributed by atoms with Crippen molar-refractivity contribution in [2.24, 2.45) is 0 Å². The van der Waals surface area contributed by atoms with Crippen LogP contribution < -0.4 is 0 Å². The van der Waals surface area contributed by atoms with E-state index in [4.69, 9.17) is 0 Å². The van der Waals surface area contributed by atoms with Gasteiger partial charge in [-0.05, 0) is 50.4 Å². The fourth-order valence-electron chi connectivity index (χ4n) is 3.69. The number of rotatable bonds is 5. The Morgan fingerprint density at radius 2 is 1.76 bits per heavy atom. The number of nitrogens with zero attached hydrogens (tertiary/aromatic N) is 1. The lowest BCUT2D eigenvalue weighted by Gasteiger charge is -2.44. The highest BCUT2D eigenvalue weighted by atomic mass is 16.4. The van der Waals surface area contributed by atoms with E-state index in [1.165, 1.54) is 23.1 Å². The molecule has 1 N–H and O–H groups in total. The van der Waals surface area contributed by atoms with Crippen molar-refractivity contribution in [2.75, 3.05) is 7.05 Å². The monoisotopic (exact) mass is 289 g/mol. The number of hydrogen-bond donors (Lipinski definition) is 1. The standard InChI is InChI=1S/C18H27NO2/c1-14-8-7-9-15(2)16(14)13-19(3)18(12-17(20)21)10-5-4-6-11-18/h7-9H,4-6,10-13H2,1-3H3,(H,20,21). The zero-order chi connectivity index (χ0) is 15.5. The quantitative estimate of drug-likeness (QED) is 0.893. The van der Waals surface area contributed by atoms with Gasteiger partial charge in [0.1, 0.15) is 0 Å². The van der Waals surface area contributed by atoms with E-state index in [1.807, 2.05) is 0 Å². The number of benzene rings is 1. The molecule has 0 amide bonds. The largest absolute Gasteiger partial charge is 0.481 e. The molecule has 21 heavy (non-hydrogen) atoms. The van der Waals surface area contributed by atoms with Gasteiger partial charge in [0.2, 0.25) is 0 Å². The Morgan fingerprint density at radius 3 is 2.29 bits per heavy atom. The van der Waals surface area contributed by atoms with Gasteiger partial charge in [-0.2, -0.15) is 0 Å². The van der Waals surface area contributed by atoms with Gasteiger partial charge >= 0.3 is 5.97 Å². The molecule has 116 valence electrons. The second-order valence-electron chi connectivity index (χ2n) is 6.58. The predicted octanol–water partition coefficient (Wildman–Crippen LogP) is 3.91. The minimum Gasteiger partial charge on any atom is -0.481 e. The van der Waals surface area contributed by atoms with Crippen molar-refractivity contribution < 1.29 is 9.90 Å². The molecule has 1 aromatic rings. The average Bonchev–Trinajstić information content (AvgIpc) is 2.43. The molecule has 0 spiro atoms. The van der Waals surface area contributed by atoms with Crippen LogP contribution in [0.25, 0.3) is 0 Å². The maximum Gasteiger partial charge on any atom is 0.305 e. The van der Waals surface area contributed by atoms with Gasteiger partial charge in [0.15, 0.2) is 0 Å². The van der Waals surface area contributed by atoms with Gasteiger partial charge in [0, 0.05) is 12.1 Å². The molecule has 1 fully saturated rings. The summed E-state index contributed by atoms with van der Waals surface area (Å²) < 4.78 is 0. The van der Waals surface area contributed by atoms with Crippen LogP contribution in [0.15, 0.2) is 18.2 Å². The number of hydrogen-bond acceptors (Lipinski definition) is 2. The number of carboxylic acids is 1. The fourth-order valence-corrected chi connectivity index (χ4v) is 3.69. The highest BCUT2D eigenvalue weighted by Gasteiger charge is 2.38. The summed E-state index contributed by atoms with van der Waals surface area (Å²) in [6.45, 7) is 5.12. The van der Waals surface area contributed by atoms with E-state index >= 15 is 0 Å². The first kappa shape index (κ1) is 16.0. The second-order valence-corrected chi connectivity index (χ2v) is 6.58. The molecule has 0 saturated heterocycles. The van der Waals surface area contributed by atoms with Crippen LogP contribution in [-0.2, 0) is 11.3 Å². The molecule has 3 heteroatoms. The van der Waals surface area contributed by atoms with Gasteiger partial charge in [-0.25, -0.2) is 0 Å². The third kappa shape index (κ3) is 3.65. The Balaban J connectivity index is 2.22. The Bertz CT molecular complexity index is 484. The smallest absolute Gasteiger partial charge is 0.305 e. The van der Waals surface area contributed by atoms with Crippen molar-refractivity contribution in [3.05, 3.63) is 34.9 Å². The molecule has 1 aliphatic carbocycles. The van der Waals surface area contributed by atoms with Crippen molar-refractivity contribution in [3.8, 4) is 0 Å². The summed E-state index contributed by atoms with van der Waals surface area (Å²) in [5, 5.41) is 9.33. The Labute approximate surface area is 128 Å². The van der Waals surface area contributed by atoms with Crippen LogP contribution in [0.2, 0.25) is 0 Å². The predicted molar refractivity (Wildman–Crippen MR) is 85.5 cm³/mol. The van der Waals surface area contributed by atoms with E-state index in [0.29, 0.717) is 0 Å². The van der Waals surface area contributed by atoms with Crippen LogP contribution in [0.4, 0.5) is 0 Å². The molecule has 2 rings (SSSR count). The van der Waals surface area contributed by atoms with Gasteiger partial charge in [0.05, 0.1) is 6.42 Å². The lowest BCUT2D eigenvalue weighted by molar-refractivity contribution is -0.141. The zero-order valence-electron chi connectivity index (χ0n) is 13.5. The molecule has 1 aromatic carbocycles. The molecule has 1 saturated carbocycles. The van der Waals surface area contributed by atoms with Gasteiger partial charge in [-0.1, -0.05) is 37.5 Å².